The molecule has 0 radical (unpaired) electrons. The van der Waals surface area contributed by atoms with Crippen LogP contribution >= 0.6 is 0 Å². The first-order valence-electron chi connectivity index (χ1n) is 9.73. The fraction of sp³-hybridized carbons (Fsp3) is 0.292. The topological polar surface area (TPSA) is 40.0 Å². The SMILES string of the molecule is CON=C(c1cccc(OCc2ccc3ccccc3c2)c1)C1CCOCC1. The Kier molecular flexibility index (Phi) is 5.88. The third-order valence-electron chi connectivity index (χ3n) is 5.15. The number of hydrogen-bond acceptors (Lipinski definition) is 4. The van der Waals surface area contributed by atoms with Crippen LogP contribution in [0.2, 0.25) is 0 Å². The van der Waals surface area contributed by atoms with Crippen LogP contribution in [-0.4, -0.2) is 26.0 Å². The molecule has 1 saturated heterocycles. The zero-order valence-corrected chi connectivity index (χ0v) is 16.1. The van der Waals surface area contributed by atoms with E-state index in [2.05, 4.69) is 53.7 Å². The van der Waals surface area contributed by atoms with E-state index < -0.39 is 0 Å². The van der Waals surface area contributed by atoms with Crippen molar-refractivity contribution < 1.29 is 14.3 Å². The van der Waals surface area contributed by atoms with E-state index in [9.17, 15) is 0 Å². The van der Waals surface area contributed by atoms with Crippen molar-refractivity contribution in [3.05, 3.63) is 77.9 Å². The molecule has 0 aromatic heterocycles. The Labute approximate surface area is 165 Å². The number of nitrogens with zero attached hydrogens (tertiary/aromatic N) is 1. The van der Waals surface area contributed by atoms with E-state index in [0.29, 0.717) is 12.5 Å². The van der Waals surface area contributed by atoms with Gasteiger partial charge in [-0.15, -0.1) is 0 Å². The summed E-state index contributed by atoms with van der Waals surface area (Å²) in [6.45, 7) is 2.07. The highest BCUT2D eigenvalue weighted by Gasteiger charge is 2.22. The molecule has 0 spiro atoms. The minimum absolute atomic E-state index is 0.351. The van der Waals surface area contributed by atoms with Gasteiger partial charge in [0.2, 0.25) is 0 Å². The van der Waals surface area contributed by atoms with Gasteiger partial charge in [-0.05, 0) is 47.4 Å². The Balaban J connectivity index is 1.50. The van der Waals surface area contributed by atoms with Crippen LogP contribution in [0, 0.1) is 5.92 Å². The van der Waals surface area contributed by atoms with Gasteiger partial charge in [-0.1, -0.05) is 53.7 Å². The van der Waals surface area contributed by atoms with E-state index in [1.807, 2.05) is 18.2 Å². The van der Waals surface area contributed by atoms with Crippen LogP contribution in [0.1, 0.15) is 24.0 Å². The highest BCUT2D eigenvalue weighted by Crippen LogP contribution is 2.24. The molecule has 0 unspecified atom stereocenters. The van der Waals surface area contributed by atoms with Crippen LogP contribution in [0.3, 0.4) is 0 Å². The predicted molar refractivity (Wildman–Crippen MR) is 112 cm³/mol. The van der Waals surface area contributed by atoms with Crippen molar-refractivity contribution in [2.24, 2.45) is 11.1 Å². The molecule has 3 aromatic rings. The number of hydrogen-bond donors (Lipinski definition) is 0. The molecular weight excluding hydrogens is 350 g/mol. The monoisotopic (exact) mass is 375 g/mol. The lowest BCUT2D eigenvalue weighted by atomic mass is 9.90. The summed E-state index contributed by atoms with van der Waals surface area (Å²) < 4.78 is 11.6. The molecule has 144 valence electrons. The van der Waals surface area contributed by atoms with Crippen molar-refractivity contribution >= 4 is 16.5 Å². The third kappa shape index (κ3) is 4.34. The van der Waals surface area contributed by atoms with E-state index >= 15 is 0 Å². The highest BCUT2D eigenvalue weighted by molar-refractivity contribution is 6.02. The smallest absolute Gasteiger partial charge is 0.120 e. The maximum atomic E-state index is 6.08. The van der Waals surface area contributed by atoms with Crippen molar-refractivity contribution in [2.75, 3.05) is 20.3 Å². The van der Waals surface area contributed by atoms with Gasteiger partial charge in [-0.25, -0.2) is 0 Å². The van der Waals surface area contributed by atoms with Crippen LogP contribution in [0.15, 0.2) is 71.9 Å². The maximum absolute atomic E-state index is 6.08. The summed E-state index contributed by atoms with van der Waals surface area (Å²) >= 11 is 0. The van der Waals surface area contributed by atoms with Crippen molar-refractivity contribution in [1.29, 1.82) is 0 Å². The lowest BCUT2D eigenvalue weighted by Gasteiger charge is -2.23. The van der Waals surface area contributed by atoms with E-state index in [4.69, 9.17) is 14.3 Å². The molecule has 0 amide bonds. The van der Waals surface area contributed by atoms with Gasteiger partial charge in [0.15, 0.2) is 0 Å². The molecule has 0 N–H and O–H groups in total. The molecule has 4 nitrogen and oxygen atoms in total. The van der Waals surface area contributed by atoms with Crippen LogP contribution in [0.4, 0.5) is 0 Å². The van der Waals surface area contributed by atoms with Gasteiger partial charge in [-0.3, -0.25) is 0 Å². The maximum Gasteiger partial charge on any atom is 0.120 e. The van der Waals surface area contributed by atoms with Gasteiger partial charge in [0.25, 0.3) is 0 Å². The summed E-state index contributed by atoms with van der Waals surface area (Å²) in [6.07, 6.45) is 1.93. The summed E-state index contributed by atoms with van der Waals surface area (Å²) in [5, 5.41) is 6.79. The number of fused-ring (bicyclic) bond motifs is 1. The van der Waals surface area contributed by atoms with Gasteiger partial charge >= 0.3 is 0 Å². The van der Waals surface area contributed by atoms with Crippen LogP contribution in [0.5, 0.6) is 5.75 Å². The van der Waals surface area contributed by atoms with Gasteiger partial charge in [0.1, 0.15) is 19.5 Å². The van der Waals surface area contributed by atoms with Crippen molar-refractivity contribution in [2.45, 2.75) is 19.4 Å². The van der Waals surface area contributed by atoms with Crippen LogP contribution < -0.4 is 4.74 Å². The van der Waals surface area contributed by atoms with Crippen molar-refractivity contribution in [1.82, 2.24) is 0 Å². The van der Waals surface area contributed by atoms with Gasteiger partial charge in [0, 0.05) is 24.7 Å². The van der Waals surface area contributed by atoms with Gasteiger partial charge in [0.05, 0.1) is 5.71 Å². The minimum atomic E-state index is 0.351. The third-order valence-corrected chi connectivity index (χ3v) is 5.15. The zero-order valence-electron chi connectivity index (χ0n) is 16.1. The van der Waals surface area contributed by atoms with E-state index in [1.54, 1.807) is 7.11 Å². The molecule has 0 aliphatic carbocycles. The average Bonchev–Trinajstić information content (AvgIpc) is 2.77. The minimum Gasteiger partial charge on any atom is -0.489 e. The first kappa shape index (κ1) is 18.5. The summed E-state index contributed by atoms with van der Waals surface area (Å²) in [6, 6.07) is 22.9. The number of rotatable bonds is 6. The van der Waals surface area contributed by atoms with E-state index in [1.165, 1.54) is 10.8 Å². The second-order valence-electron chi connectivity index (χ2n) is 7.04. The molecule has 0 atom stereocenters. The fourth-order valence-electron chi connectivity index (χ4n) is 3.67. The molecule has 4 heteroatoms. The molecule has 1 aliphatic rings. The van der Waals surface area contributed by atoms with E-state index in [0.717, 1.165) is 48.6 Å². The Morgan fingerprint density at radius 2 is 1.79 bits per heavy atom. The first-order valence-corrected chi connectivity index (χ1v) is 9.73. The lowest BCUT2D eigenvalue weighted by Crippen LogP contribution is -2.24. The fourth-order valence-corrected chi connectivity index (χ4v) is 3.67. The largest absolute Gasteiger partial charge is 0.489 e. The zero-order chi connectivity index (χ0) is 19.2. The molecular formula is C24H25NO3. The molecule has 0 bridgehead atoms. The average molecular weight is 375 g/mol. The summed E-state index contributed by atoms with van der Waals surface area (Å²) in [7, 11) is 1.60. The predicted octanol–water partition coefficient (Wildman–Crippen LogP) is 5.20. The van der Waals surface area contributed by atoms with Crippen LogP contribution in [0.25, 0.3) is 10.8 Å². The Morgan fingerprint density at radius 3 is 2.61 bits per heavy atom. The quantitative estimate of drug-likeness (QED) is 0.439. The normalized spacial score (nSPS) is 15.5. The Bertz CT molecular complexity index is 961. The van der Waals surface area contributed by atoms with Gasteiger partial charge < -0.3 is 14.3 Å². The van der Waals surface area contributed by atoms with Crippen LogP contribution in [-0.2, 0) is 16.2 Å². The highest BCUT2D eigenvalue weighted by atomic mass is 16.6. The molecule has 1 fully saturated rings. The first-order chi connectivity index (χ1) is 13.8. The standard InChI is InChI=1S/C24H25NO3/c1-26-25-24(20-11-13-27-14-12-20)22-7-4-8-23(16-22)28-17-18-9-10-19-5-2-3-6-21(19)15-18/h2-10,15-16,20H,11-14,17H2,1H3. The second-order valence-corrected chi connectivity index (χ2v) is 7.04. The summed E-state index contributed by atoms with van der Waals surface area (Å²) in [4.78, 5) is 5.13. The molecule has 1 heterocycles. The molecule has 1 aliphatic heterocycles. The number of oxime groups is 1. The summed E-state index contributed by atoms with van der Waals surface area (Å²) in [5.74, 6) is 1.19. The van der Waals surface area contributed by atoms with E-state index in [-0.39, 0.29) is 0 Å². The van der Waals surface area contributed by atoms with Crippen molar-refractivity contribution in [3.8, 4) is 5.75 Å². The van der Waals surface area contributed by atoms with Gasteiger partial charge in [-0.2, -0.15) is 0 Å². The molecule has 28 heavy (non-hydrogen) atoms. The second kappa shape index (κ2) is 8.89. The molecule has 0 saturated carbocycles. The molecule has 3 aromatic carbocycles. The molecule has 4 rings (SSSR count). The van der Waals surface area contributed by atoms with Crippen molar-refractivity contribution in [3.63, 3.8) is 0 Å². The summed E-state index contributed by atoms with van der Waals surface area (Å²) in [5.41, 5.74) is 3.17. The Morgan fingerprint density at radius 1 is 0.964 bits per heavy atom. The number of ether oxygens (including phenoxy) is 2. The lowest BCUT2D eigenvalue weighted by molar-refractivity contribution is 0.0816. The number of benzene rings is 3. The Hall–Kier alpha value is -2.85.